The molecule has 1 saturated heterocycles. The minimum atomic E-state index is -1.36. The fourth-order valence-electron chi connectivity index (χ4n) is 8.73. The number of carboxylic acids is 1. The zero-order valence-electron chi connectivity index (χ0n) is 42.8. The monoisotopic (exact) mass is 1020 g/mol. The lowest BCUT2D eigenvalue weighted by Gasteiger charge is -2.30. The third kappa shape index (κ3) is 17.3. The van der Waals surface area contributed by atoms with Crippen LogP contribution in [0.4, 0.5) is 0 Å². The Morgan fingerprint density at radius 1 is 0.622 bits per heavy atom. The van der Waals surface area contributed by atoms with E-state index in [-0.39, 0.29) is 62.7 Å². The highest BCUT2D eigenvalue weighted by Crippen LogP contribution is 2.20. The van der Waals surface area contributed by atoms with Gasteiger partial charge in [-0.15, -0.1) is 0 Å². The maximum Gasteiger partial charge on any atom is 0.326 e. The summed E-state index contributed by atoms with van der Waals surface area (Å²) in [5, 5.41) is 36.1. The number of imidazole rings is 2. The number of carboxylic acid groups (broad SMARTS) is 1. The van der Waals surface area contributed by atoms with Gasteiger partial charge in [-0.3, -0.25) is 33.6 Å². The molecule has 1 aliphatic rings. The van der Waals surface area contributed by atoms with Crippen molar-refractivity contribution in [2.45, 2.75) is 141 Å². The molecule has 3 heterocycles. The predicted molar refractivity (Wildman–Crippen MR) is 272 cm³/mol. The van der Waals surface area contributed by atoms with Crippen LogP contribution < -0.4 is 37.6 Å². The molecule has 0 bridgehead atoms. The van der Waals surface area contributed by atoms with Gasteiger partial charge in [-0.2, -0.15) is 0 Å². The molecule has 74 heavy (non-hydrogen) atoms. The molecule has 1 fully saturated rings. The Balaban J connectivity index is 1.32. The van der Waals surface area contributed by atoms with Crippen LogP contribution in [-0.2, 0) is 64.0 Å². The highest BCUT2D eigenvalue weighted by molar-refractivity contribution is 5.98. The molecular formula is C52H72N12O10. The topological polar surface area (TPSA) is 336 Å². The molecule has 12 N–H and O–H groups in total. The molecule has 0 aliphatic carbocycles. The Bertz CT molecular complexity index is 2490. The molecule has 0 spiro atoms. The summed E-state index contributed by atoms with van der Waals surface area (Å²) in [7, 11) is 0. The molecule has 5 rings (SSSR count). The van der Waals surface area contributed by atoms with E-state index in [9.17, 15) is 48.6 Å². The molecule has 400 valence electrons. The molecule has 8 atom stereocenters. The van der Waals surface area contributed by atoms with E-state index >= 15 is 0 Å². The number of likely N-dealkylation sites (tertiary alicyclic amines) is 1. The SMILES string of the molecule is CC(C)C[C@H](NC(=O)[C@H](Cc1cnc[nH]1)NC(=O)[C@H](Cc1ccccc1)NC(=O)[C@@H]1CCCN1C(=O)[C@@H](N)Cc1cnc[nH]1)C(=O)N[C@@H](CC(C)C)C(=O)N[C@H](C(=O)N[C@@H](Cc1ccc(O)cc1)C(=O)O)C(C)C. The van der Waals surface area contributed by atoms with Gasteiger partial charge in [0.25, 0.3) is 0 Å². The number of carbonyl (C=O) groups is 8. The van der Waals surface area contributed by atoms with Crippen molar-refractivity contribution >= 4 is 47.3 Å². The van der Waals surface area contributed by atoms with E-state index in [0.717, 1.165) is 0 Å². The van der Waals surface area contributed by atoms with Crippen LogP contribution >= 0.6 is 0 Å². The maximum absolute atomic E-state index is 14.5. The van der Waals surface area contributed by atoms with Crippen molar-refractivity contribution in [3.05, 3.63) is 102 Å². The number of aliphatic carboxylic acids is 1. The number of aromatic amines is 2. The molecule has 2 aromatic heterocycles. The molecule has 4 aromatic rings. The number of nitrogens with two attached hydrogens (primary N) is 1. The Kier molecular flexibility index (Phi) is 21.2. The highest BCUT2D eigenvalue weighted by atomic mass is 16.4. The molecule has 7 amide bonds. The number of amides is 7. The van der Waals surface area contributed by atoms with Crippen molar-refractivity contribution in [1.82, 2.24) is 56.7 Å². The second-order valence-corrected chi connectivity index (χ2v) is 20.1. The average Bonchev–Trinajstić information content (AvgIpc) is 4.17. The van der Waals surface area contributed by atoms with Gasteiger partial charge in [-0.05, 0) is 66.7 Å². The summed E-state index contributed by atoms with van der Waals surface area (Å²) < 4.78 is 0. The van der Waals surface area contributed by atoms with E-state index in [1.165, 1.54) is 48.0 Å². The minimum Gasteiger partial charge on any atom is -0.508 e. The van der Waals surface area contributed by atoms with E-state index < -0.39 is 102 Å². The number of aromatic hydroxyl groups is 1. The van der Waals surface area contributed by atoms with Crippen molar-refractivity contribution in [3.63, 3.8) is 0 Å². The number of phenols is 1. The zero-order valence-corrected chi connectivity index (χ0v) is 42.8. The van der Waals surface area contributed by atoms with Gasteiger partial charge < -0.3 is 62.7 Å². The number of rotatable bonds is 27. The summed E-state index contributed by atoms with van der Waals surface area (Å²) in [5.41, 5.74) is 8.67. The fraction of sp³-hybridized carbons (Fsp3) is 0.500. The molecule has 1 aliphatic heterocycles. The lowest BCUT2D eigenvalue weighted by molar-refractivity contribution is -0.142. The summed E-state index contributed by atoms with van der Waals surface area (Å²) in [5.74, 6) is -6.77. The number of H-pyrrole nitrogens is 2. The first-order valence-corrected chi connectivity index (χ1v) is 25.1. The smallest absolute Gasteiger partial charge is 0.326 e. The Hall–Kier alpha value is -7.62. The third-order valence-electron chi connectivity index (χ3n) is 12.6. The van der Waals surface area contributed by atoms with E-state index in [0.29, 0.717) is 35.4 Å². The predicted octanol–water partition coefficient (Wildman–Crippen LogP) is 1.17. The number of nitrogens with one attached hydrogen (secondary N) is 8. The Morgan fingerprint density at radius 2 is 1.11 bits per heavy atom. The van der Waals surface area contributed by atoms with E-state index in [4.69, 9.17) is 5.73 Å². The molecule has 22 heteroatoms. The van der Waals surface area contributed by atoms with Gasteiger partial charge in [-0.25, -0.2) is 14.8 Å². The van der Waals surface area contributed by atoms with Crippen molar-refractivity contribution < 1.29 is 48.6 Å². The van der Waals surface area contributed by atoms with E-state index in [1.807, 2.05) is 27.7 Å². The molecule has 0 radical (unpaired) electrons. The summed E-state index contributed by atoms with van der Waals surface area (Å²) >= 11 is 0. The normalized spacial score (nSPS) is 16.3. The van der Waals surface area contributed by atoms with Gasteiger partial charge in [0.15, 0.2) is 0 Å². The standard InChI is InChI=1S/C52H72N12O10/c1-29(2)19-38(45(66)59-39(20-30(3)4)48(69)63-44(31(5)6)50(71)62-42(52(73)74)22-33-14-16-36(65)17-15-33)58-47(68)41(24-35-26-55-28-57-35)60-46(67)40(21-32-11-8-7-9-12-32)61-49(70)43-13-10-18-64(43)51(72)37(53)23-34-25-54-27-56-34/h7-9,11-12,14-17,25-31,37-44,65H,10,13,18-24,53H2,1-6H3,(H,54,56)(H,55,57)(H,58,68)(H,59,66)(H,60,67)(H,61,70)(H,62,71)(H,63,69)(H,73,74)/t37-,38-,39-,40-,41-,42-,43-,44-/m0/s1. The van der Waals surface area contributed by atoms with Gasteiger partial charge in [0, 0.05) is 56.0 Å². The van der Waals surface area contributed by atoms with Crippen LogP contribution in [0.3, 0.4) is 0 Å². The number of carbonyl (C=O) groups excluding carboxylic acids is 7. The fourth-order valence-corrected chi connectivity index (χ4v) is 8.73. The first-order valence-electron chi connectivity index (χ1n) is 25.1. The van der Waals surface area contributed by atoms with E-state index in [2.05, 4.69) is 51.8 Å². The summed E-state index contributed by atoms with van der Waals surface area (Å²) in [6, 6.07) is 5.41. The molecule has 22 nitrogen and oxygen atoms in total. The number of hydrogen-bond donors (Lipinski definition) is 11. The van der Waals surface area contributed by atoms with Crippen molar-refractivity contribution in [2.24, 2.45) is 23.5 Å². The highest BCUT2D eigenvalue weighted by Gasteiger charge is 2.39. The first kappa shape index (κ1) is 57.3. The number of phenolic OH excluding ortho intramolecular Hbond substituents is 1. The number of nitrogens with zero attached hydrogens (tertiary/aromatic N) is 3. The molecule has 0 saturated carbocycles. The molecule has 2 aromatic carbocycles. The summed E-state index contributed by atoms with van der Waals surface area (Å²) in [4.78, 5) is 126. The van der Waals surface area contributed by atoms with Gasteiger partial charge in [0.2, 0.25) is 41.4 Å². The summed E-state index contributed by atoms with van der Waals surface area (Å²) in [6.45, 7) is 11.0. The lowest BCUT2D eigenvalue weighted by Crippen LogP contribution is -2.61. The number of hydrogen-bond acceptors (Lipinski definition) is 12. The van der Waals surface area contributed by atoms with Gasteiger partial charge in [0.1, 0.15) is 48.0 Å². The van der Waals surface area contributed by atoms with Crippen molar-refractivity contribution in [1.29, 1.82) is 0 Å². The number of aromatic nitrogens is 4. The third-order valence-corrected chi connectivity index (χ3v) is 12.6. The van der Waals surface area contributed by atoms with Crippen molar-refractivity contribution in [2.75, 3.05) is 6.54 Å². The van der Waals surface area contributed by atoms with Crippen LogP contribution in [0, 0.1) is 17.8 Å². The molecular weight excluding hydrogens is 953 g/mol. The van der Waals surface area contributed by atoms with Crippen molar-refractivity contribution in [3.8, 4) is 5.75 Å². The van der Waals surface area contributed by atoms with Gasteiger partial charge in [-0.1, -0.05) is 84.0 Å². The largest absolute Gasteiger partial charge is 0.508 e. The second kappa shape index (κ2) is 27.4. The quantitative estimate of drug-likeness (QED) is 0.0400. The number of benzene rings is 2. The Labute approximate surface area is 430 Å². The van der Waals surface area contributed by atoms with Crippen LogP contribution in [0.5, 0.6) is 5.75 Å². The molecule has 0 unspecified atom stereocenters. The zero-order chi connectivity index (χ0) is 54.1. The average molecular weight is 1030 g/mol. The van der Waals surface area contributed by atoms with Crippen LogP contribution in [0.2, 0.25) is 0 Å². The lowest BCUT2D eigenvalue weighted by atomic mass is 9.98. The first-order chi connectivity index (χ1) is 35.2. The maximum atomic E-state index is 14.5. The summed E-state index contributed by atoms with van der Waals surface area (Å²) in [6.07, 6.45) is 7.04. The van der Waals surface area contributed by atoms with Crippen LogP contribution in [0.1, 0.15) is 89.7 Å². The second-order valence-electron chi connectivity index (χ2n) is 20.1. The van der Waals surface area contributed by atoms with Crippen LogP contribution in [-0.4, -0.2) is 137 Å². The van der Waals surface area contributed by atoms with Crippen LogP contribution in [0.25, 0.3) is 0 Å². The minimum absolute atomic E-state index is 0.00734. The van der Waals surface area contributed by atoms with Crippen LogP contribution in [0.15, 0.2) is 79.6 Å². The van der Waals surface area contributed by atoms with E-state index in [1.54, 1.807) is 50.4 Å². The van der Waals surface area contributed by atoms with Gasteiger partial charge >= 0.3 is 5.97 Å². The Morgan fingerprint density at radius 3 is 1.64 bits per heavy atom. The van der Waals surface area contributed by atoms with Gasteiger partial charge in [0.05, 0.1) is 18.7 Å².